The first-order valence-corrected chi connectivity index (χ1v) is 8.65. The SMILES string of the molecule is CN(C)CCCNc1nc(NCc2ccco2)cc(-c2cccnc2)n1. The van der Waals surface area contributed by atoms with Crippen molar-refractivity contribution < 1.29 is 4.42 Å². The Labute approximate surface area is 153 Å². The normalized spacial score (nSPS) is 10.9. The summed E-state index contributed by atoms with van der Waals surface area (Å²) in [6, 6.07) is 9.61. The molecule has 0 amide bonds. The van der Waals surface area contributed by atoms with Gasteiger partial charge in [0.2, 0.25) is 5.95 Å². The highest BCUT2D eigenvalue weighted by atomic mass is 16.3. The van der Waals surface area contributed by atoms with E-state index >= 15 is 0 Å². The summed E-state index contributed by atoms with van der Waals surface area (Å²) in [4.78, 5) is 15.5. The lowest BCUT2D eigenvalue weighted by Gasteiger charge is -2.12. The number of anilines is 2. The van der Waals surface area contributed by atoms with E-state index in [0.29, 0.717) is 12.5 Å². The predicted molar refractivity (Wildman–Crippen MR) is 103 cm³/mol. The second-order valence-corrected chi connectivity index (χ2v) is 6.22. The van der Waals surface area contributed by atoms with Crippen LogP contribution in [0.3, 0.4) is 0 Å². The minimum absolute atomic E-state index is 0.566. The summed E-state index contributed by atoms with van der Waals surface area (Å²) < 4.78 is 5.37. The molecular weight excluding hydrogens is 328 g/mol. The van der Waals surface area contributed by atoms with E-state index in [2.05, 4.69) is 44.6 Å². The zero-order valence-electron chi connectivity index (χ0n) is 15.1. The van der Waals surface area contributed by atoms with Gasteiger partial charge in [0.25, 0.3) is 0 Å². The first-order chi connectivity index (χ1) is 12.7. The van der Waals surface area contributed by atoms with Crippen molar-refractivity contribution in [3.63, 3.8) is 0 Å². The molecule has 0 aliphatic rings. The zero-order valence-corrected chi connectivity index (χ0v) is 15.1. The summed E-state index contributed by atoms with van der Waals surface area (Å²) in [6.07, 6.45) is 6.23. The number of pyridine rings is 1. The van der Waals surface area contributed by atoms with Crippen LogP contribution in [0.25, 0.3) is 11.3 Å². The third kappa shape index (κ3) is 5.29. The quantitative estimate of drug-likeness (QED) is 0.573. The van der Waals surface area contributed by atoms with E-state index in [1.165, 1.54) is 0 Å². The van der Waals surface area contributed by atoms with Crippen LogP contribution >= 0.6 is 0 Å². The zero-order chi connectivity index (χ0) is 18.2. The summed E-state index contributed by atoms with van der Waals surface area (Å²) in [5.41, 5.74) is 1.78. The van der Waals surface area contributed by atoms with Crippen molar-refractivity contribution in [1.29, 1.82) is 0 Å². The topological polar surface area (TPSA) is 79.1 Å². The summed E-state index contributed by atoms with van der Waals surface area (Å²) in [5.74, 6) is 2.20. The summed E-state index contributed by atoms with van der Waals surface area (Å²) in [5, 5.41) is 6.60. The fourth-order valence-corrected chi connectivity index (χ4v) is 2.47. The maximum Gasteiger partial charge on any atom is 0.225 e. The first kappa shape index (κ1) is 17.9. The fraction of sp³-hybridized carbons (Fsp3) is 0.316. The van der Waals surface area contributed by atoms with E-state index in [1.807, 2.05) is 30.3 Å². The van der Waals surface area contributed by atoms with Crippen LogP contribution in [0.4, 0.5) is 11.8 Å². The maximum atomic E-state index is 5.37. The van der Waals surface area contributed by atoms with Crippen molar-refractivity contribution in [2.24, 2.45) is 0 Å². The van der Waals surface area contributed by atoms with Crippen molar-refractivity contribution in [3.8, 4) is 11.3 Å². The Morgan fingerprint density at radius 2 is 2.04 bits per heavy atom. The lowest BCUT2D eigenvalue weighted by atomic mass is 10.2. The molecule has 0 saturated heterocycles. The van der Waals surface area contributed by atoms with E-state index in [9.17, 15) is 0 Å². The molecule has 0 bridgehead atoms. The Morgan fingerprint density at radius 1 is 1.12 bits per heavy atom. The molecule has 0 spiro atoms. The summed E-state index contributed by atoms with van der Waals surface area (Å²) in [6.45, 7) is 2.39. The minimum atomic E-state index is 0.566. The maximum absolute atomic E-state index is 5.37. The van der Waals surface area contributed by atoms with Crippen LogP contribution < -0.4 is 10.6 Å². The number of nitrogens with one attached hydrogen (secondary N) is 2. The lowest BCUT2D eigenvalue weighted by Crippen LogP contribution is -2.17. The number of rotatable bonds is 9. The third-order valence-electron chi connectivity index (χ3n) is 3.77. The average molecular weight is 352 g/mol. The van der Waals surface area contributed by atoms with E-state index in [4.69, 9.17) is 4.42 Å². The molecule has 7 nitrogen and oxygen atoms in total. The first-order valence-electron chi connectivity index (χ1n) is 8.65. The lowest BCUT2D eigenvalue weighted by molar-refractivity contribution is 0.405. The van der Waals surface area contributed by atoms with Gasteiger partial charge < -0.3 is 20.0 Å². The van der Waals surface area contributed by atoms with Gasteiger partial charge in [-0.25, -0.2) is 4.98 Å². The number of hydrogen-bond acceptors (Lipinski definition) is 7. The summed E-state index contributed by atoms with van der Waals surface area (Å²) >= 11 is 0. The molecule has 0 fully saturated rings. The minimum Gasteiger partial charge on any atom is -0.467 e. The van der Waals surface area contributed by atoms with Crippen LogP contribution in [0.2, 0.25) is 0 Å². The van der Waals surface area contributed by atoms with Crippen LogP contribution in [0, 0.1) is 0 Å². The molecule has 0 aliphatic carbocycles. The molecule has 26 heavy (non-hydrogen) atoms. The second-order valence-electron chi connectivity index (χ2n) is 6.22. The second kappa shape index (κ2) is 8.96. The van der Waals surface area contributed by atoms with Gasteiger partial charge in [0.15, 0.2) is 0 Å². The van der Waals surface area contributed by atoms with Gasteiger partial charge in [0, 0.05) is 30.6 Å². The van der Waals surface area contributed by atoms with Gasteiger partial charge in [0.05, 0.1) is 18.5 Å². The van der Waals surface area contributed by atoms with Gasteiger partial charge in [0.1, 0.15) is 11.6 Å². The Kier molecular flexibility index (Phi) is 6.16. The molecule has 0 aromatic carbocycles. The van der Waals surface area contributed by atoms with Crippen LogP contribution in [0.5, 0.6) is 0 Å². The molecule has 0 atom stereocenters. The molecule has 136 valence electrons. The highest BCUT2D eigenvalue weighted by Gasteiger charge is 2.07. The molecule has 0 aliphatic heterocycles. The van der Waals surface area contributed by atoms with Crippen LogP contribution in [0.1, 0.15) is 12.2 Å². The molecule has 0 saturated carbocycles. The molecule has 3 aromatic rings. The molecule has 7 heteroatoms. The van der Waals surface area contributed by atoms with Crippen molar-refractivity contribution in [1.82, 2.24) is 19.9 Å². The van der Waals surface area contributed by atoms with E-state index in [1.54, 1.807) is 18.7 Å². The van der Waals surface area contributed by atoms with Gasteiger partial charge in [-0.05, 0) is 51.3 Å². The predicted octanol–water partition coefficient (Wildman–Crippen LogP) is 3.11. The number of aromatic nitrogens is 3. The standard InChI is InChI=1S/C19H24N6O/c1-25(2)10-5-9-21-19-23-17(15-6-3-8-20-13-15)12-18(24-19)22-14-16-7-4-11-26-16/h3-4,6-8,11-13H,5,9-10,14H2,1-2H3,(H2,21,22,23,24). The molecule has 3 heterocycles. The molecular formula is C19H24N6O. The Morgan fingerprint density at radius 3 is 2.77 bits per heavy atom. The van der Waals surface area contributed by atoms with Gasteiger partial charge in [-0.15, -0.1) is 0 Å². The fourth-order valence-electron chi connectivity index (χ4n) is 2.47. The van der Waals surface area contributed by atoms with E-state index in [-0.39, 0.29) is 0 Å². The van der Waals surface area contributed by atoms with Crippen molar-refractivity contribution in [2.45, 2.75) is 13.0 Å². The highest BCUT2D eigenvalue weighted by Crippen LogP contribution is 2.21. The number of nitrogens with zero attached hydrogens (tertiary/aromatic N) is 4. The van der Waals surface area contributed by atoms with Gasteiger partial charge >= 0.3 is 0 Å². The number of furan rings is 1. The summed E-state index contributed by atoms with van der Waals surface area (Å²) in [7, 11) is 4.13. The molecule has 3 aromatic heterocycles. The number of hydrogen-bond donors (Lipinski definition) is 2. The third-order valence-corrected chi connectivity index (χ3v) is 3.77. The van der Waals surface area contributed by atoms with Crippen molar-refractivity contribution in [3.05, 3.63) is 54.7 Å². The molecule has 2 N–H and O–H groups in total. The van der Waals surface area contributed by atoms with Crippen LogP contribution in [-0.4, -0.2) is 47.0 Å². The Hall–Kier alpha value is -2.93. The average Bonchev–Trinajstić information content (AvgIpc) is 3.18. The monoisotopic (exact) mass is 352 g/mol. The van der Waals surface area contributed by atoms with E-state index < -0.39 is 0 Å². The van der Waals surface area contributed by atoms with Crippen LogP contribution in [0.15, 0.2) is 53.4 Å². The highest BCUT2D eigenvalue weighted by molar-refractivity contribution is 5.63. The largest absolute Gasteiger partial charge is 0.467 e. The Balaban J connectivity index is 1.75. The molecule has 0 unspecified atom stereocenters. The smallest absolute Gasteiger partial charge is 0.225 e. The van der Waals surface area contributed by atoms with Crippen LogP contribution in [-0.2, 0) is 6.54 Å². The van der Waals surface area contributed by atoms with Crippen molar-refractivity contribution in [2.75, 3.05) is 37.8 Å². The van der Waals surface area contributed by atoms with Crippen molar-refractivity contribution >= 4 is 11.8 Å². The van der Waals surface area contributed by atoms with E-state index in [0.717, 1.165) is 42.3 Å². The van der Waals surface area contributed by atoms with Gasteiger partial charge in [-0.3, -0.25) is 4.98 Å². The van der Waals surface area contributed by atoms with Gasteiger partial charge in [-0.2, -0.15) is 4.98 Å². The molecule has 3 rings (SSSR count). The van der Waals surface area contributed by atoms with Gasteiger partial charge in [-0.1, -0.05) is 0 Å². The molecule has 0 radical (unpaired) electrons. The Bertz CT molecular complexity index is 789.